The molecule has 0 fully saturated rings. The molecule has 7 heteroatoms. The Morgan fingerprint density at radius 1 is 1.00 bits per heavy atom. The number of para-hydroxylation sites is 2. The van der Waals surface area contributed by atoms with Crippen molar-refractivity contribution in [2.45, 2.75) is 13.1 Å². The highest BCUT2D eigenvalue weighted by atomic mass is 19.4. The van der Waals surface area contributed by atoms with Gasteiger partial charge in [-0.15, -0.1) is 0 Å². The van der Waals surface area contributed by atoms with E-state index >= 15 is 0 Å². The quantitative estimate of drug-likeness (QED) is 0.584. The first-order valence-electron chi connectivity index (χ1n) is 8.60. The van der Waals surface area contributed by atoms with E-state index in [2.05, 4.69) is 5.10 Å². The molecule has 0 saturated heterocycles. The molecule has 1 amide bonds. The largest absolute Gasteiger partial charge is 0.435 e. The zero-order valence-electron chi connectivity index (χ0n) is 15.2. The van der Waals surface area contributed by atoms with Gasteiger partial charge in [0.2, 0.25) is 0 Å². The Balaban J connectivity index is 1.91. The molecule has 3 aromatic rings. The van der Waals surface area contributed by atoms with Crippen LogP contribution < -0.4 is 5.01 Å². The van der Waals surface area contributed by atoms with Crippen molar-refractivity contribution < 1.29 is 18.0 Å². The molecule has 2 heterocycles. The molecule has 4 rings (SSSR count). The number of hydrogen-bond donors (Lipinski definition) is 0. The van der Waals surface area contributed by atoms with Gasteiger partial charge in [0.05, 0.1) is 11.3 Å². The van der Waals surface area contributed by atoms with Crippen molar-refractivity contribution in [1.29, 1.82) is 0 Å². The summed E-state index contributed by atoms with van der Waals surface area (Å²) in [5.74, 6) is -0.800. The van der Waals surface area contributed by atoms with Crippen molar-refractivity contribution in [3.8, 4) is 0 Å². The molecule has 1 aliphatic heterocycles. The molecular weight excluding hydrogens is 367 g/mol. The van der Waals surface area contributed by atoms with E-state index in [1.807, 2.05) is 42.8 Å². The van der Waals surface area contributed by atoms with Gasteiger partial charge in [-0.2, -0.15) is 23.3 Å². The molecule has 142 valence electrons. The van der Waals surface area contributed by atoms with E-state index in [1.165, 1.54) is 6.08 Å². The van der Waals surface area contributed by atoms with Crippen LogP contribution in [0.4, 0.5) is 18.9 Å². The van der Waals surface area contributed by atoms with E-state index in [1.54, 1.807) is 30.3 Å². The summed E-state index contributed by atoms with van der Waals surface area (Å²) in [4.78, 5) is 12.9. The number of rotatable bonds is 2. The third-order valence-electron chi connectivity index (χ3n) is 4.88. The minimum Gasteiger partial charge on any atom is -0.347 e. The van der Waals surface area contributed by atoms with E-state index in [0.717, 1.165) is 21.6 Å². The molecule has 0 saturated carbocycles. The zero-order chi connectivity index (χ0) is 20.1. The lowest BCUT2D eigenvalue weighted by Gasteiger charge is -2.10. The zero-order valence-corrected chi connectivity index (χ0v) is 15.2. The normalized spacial score (nSPS) is 16.3. The van der Waals surface area contributed by atoms with Gasteiger partial charge in [-0.1, -0.05) is 36.4 Å². The minimum atomic E-state index is -4.75. The minimum absolute atomic E-state index is 0.285. The summed E-state index contributed by atoms with van der Waals surface area (Å²) < 4.78 is 42.8. The van der Waals surface area contributed by atoms with E-state index in [0.29, 0.717) is 5.56 Å². The fourth-order valence-corrected chi connectivity index (χ4v) is 3.37. The predicted molar refractivity (Wildman–Crippen MR) is 103 cm³/mol. The van der Waals surface area contributed by atoms with Crippen molar-refractivity contribution >= 4 is 34.3 Å². The van der Waals surface area contributed by atoms with Gasteiger partial charge in [0.25, 0.3) is 5.91 Å². The van der Waals surface area contributed by atoms with E-state index < -0.39 is 23.4 Å². The van der Waals surface area contributed by atoms with Crippen LogP contribution in [0.5, 0.6) is 0 Å². The first-order chi connectivity index (χ1) is 13.3. The molecule has 1 aromatic heterocycles. The first kappa shape index (κ1) is 18.0. The fourth-order valence-electron chi connectivity index (χ4n) is 3.37. The topological polar surface area (TPSA) is 37.6 Å². The molecule has 28 heavy (non-hydrogen) atoms. The Labute approximate surface area is 159 Å². The second-order valence-electron chi connectivity index (χ2n) is 6.53. The van der Waals surface area contributed by atoms with Gasteiger partial charge in [0, 0.05) is 29.2 Å². The van der Waals surface area contributed by atoms with Crippen molar-refractivity contribution in [2.75, 3.05) is 5.01 Å². The highest BCUT2D eigenvalue weighted by Crippen LogP contribution is 2.34. The van der Waals surface area contributed by atoms with Crippen LogP contribution in [0.3, 0.4) is 0 Å². The Morgan fingerprint density at radius 2 is 1.64 bits per heavy atom. The van der Waals surface area contributed by atoms with Crippen LogP contribution in [0.2, 0.25) is 0 Å². The fraction of sp³-hybridized carbons (Fsp3) is 0.143. The maximum absolute atomic E-state index is 13.6. The number of nitrogens with zero attached hydrogens (tertiary/aromatic N) is 3. The van der Waals surface area contributed by atoms with Gasteiger partial charge in [0.1, 0.15) is 0 Å². The number of hydrazone groups is 1. The maximum Gasteiger partial charge on any atom is 0.435 e. The van der Waals surface area contributed by atoms with Crippen LogP contribution in [0, 0.1) is 6.92 Å². The molecule has 1 aliphatic rings. The predicted octanol–water partition coefficient (Wildman–Crippen LogP) is 4.84. The van der Waals surface area contributed by atoms with Crippen LogP contribution in [0.15, 0.2) is 65.3 Å². The second kappa shape index (κ2) is 6.37. The van der Waals surface area contributed by atoms with Crippen LogP contribution in [0.1, 0.15) is 11.3 Å². The van der Waals surface area contributed by atoms with Crippen LogP contribution in [-0.2, 0) is 11.8 Å². The summed E-state index contributed by atoms with van der Waals surface area (Å²) in [5.41, 5.74) is 0.856. The van der Waals surface area contributed by atoms with E-state index in [4.69, 9.17) is 0 Å². The Morgan fingerprint density at radius 3 is 2.32 bits per heavy atom. The standard InChI is InChI=1S/C21H16F3N3O/c1-13-16(15-10-6-7-11-18(15)26(13)2)12-17-19(21(22,23)24)25-27(20(17)28)14-8-4-3-5-9-14/h3-12H,1-2H3/b17-12-. The number of carbonyl (C=O) groups is 1. The summed E-state index contributed by atoms with van der Waals surface area (Å²) in [5, 5.41) is 5.19. The molecule has 0 unspecified atom stereocenters. The van der Waals surface area contributed by atoms with Gasteiger partial charge in [-0.3, -0.25) is 4.79 Å². The number of anilines is 1. The van der Waals surface area contributed by atoms with E-state index in [9.17, 15) is 18.0 Å². The summed E-state index contributed by atoms with van der Waals surface area (Å²) in [6.07, 6.45) is -3.45. The molecule has 0 aliphatic carbocycles. The van der Waals surface area contributed by atoms with Gasteiger partial charge < -0.3 is 4.57 Å². The lowest BCUT2D eigenvalue weighted by Crippen LogP contribution is -2.25. The van der Waals surface area contributed by atoms with Crippen LogP contribution in [0.25, 0.3) is 17.0 Å². The maximum atomic E-state index is 13.6. The SMILES string of the molecule is Cc1c(/C=C2\C(=O)N(c3ccccc3)N=C2C(F)(F)F)c2ccccc2n1C. The van der Waals surface area contributed by atoms with Crippen LogP contribution >= 0.6 is 0 Å². The second-order valence-corrected chi connectivity index (χ2v) is 6.53. The lowest BCUT2D eigenvalue weighted by molar-refractivity contribution is -0.114. The van der Waals surface area contributed by atoms with Crippen molar-refractivity contribution in [1.82, 2.24) is 4.57 Å². The molecule has 0 N–H and O–H groups in total. The number of benzene rings is 2. The van der Waals surface area contributed by atoms with Crippen molar-refractivity contribution in [2.24, 2.45) is 12.1 Å². The average Bonchev–Trinajstić information content (AvgIpc) is 3.13. The molecule has 0 radical (unpaired) electrons. The summed E-state index contributed by atoms with van der Waals surface area (Å²) in [6.45, 7) is 1.81. The number of carbonyl (C=O) groups excluding carboxylic acids is 1. The lowest BCUT2D eigenvalue weighted by atomic mass is 10.0. The Kier molecular flexibility index (Phi) is 4.10. The number of amides is 1. The van der Waals surface area contributed by atoms with E-state index in [-0.39, 0.29) is 5.69 Å². The number of fused-ring (bicyclic) bond motifs is 1. The first-order valence-corrected chi connectivity index (χ1v) is 8.60. The molecule has 4 nitrogen and oxygen atoms in total. The number of alkyl halides is 3. The Bertz CT molecular complexity index is 1140. The van der Waals surface area contributed by atoms with Gasteiger partial charge >= 0.3 is 6.18 Å². The Hall–Kier alpha value is -3.35. The number of aryl methyl sites for hydroxylation is 1. The molecule has 0 bridgehead atoms. The number of aromatic nitrogens is 1. The molecule has 0 atom stereocenters. The van der Waals surface area contributed by atoms with Gasteiger partial charge in [-0.25, -0.2) is 0 Å². The summed E-state index contributed by atoms with van der Waals surface area (Å²) in [6, 6.07) is 15.5. The monoisotopic (exact) mass is 383 g/mol. The number of halogens is 3. The number of hydrogen-bond acceptors (Lipinski definition) is 2. The van der Waals surface area contributed by atoms with Crippen LogP contribution in [-0.4, -0.2) is 22.4 Å². The highest BCUT2D eigenvalue weighted by molar-refractivity contribution is 6.34. The van der Waals surface area contributed by atoms with Crippen molar-refractivity contribution in [3.05, 3.63) is 71.4 Å². The summed E-state index contributed by atoms with van der Waals surface area (Å²) >= 11 is 0. The molecule has 0 spiro atoms. The average molecular weight is 383 g/mol. The van der Waals surface area contributed by atoms with Gasteiger partial charge in [0.15, 0.2) is 5.71 Å². The third kappa shape index (κ3) is 2.79. The van der Waals surface area contributed by atoms with Gasteiger partial charge in [-0.05, 0) is 31.2 Å². The highest BCUT2D eigenvalue weighted by Gasteiger charge is 2.47. The molecular formula is C21H16F3N3O. The molecule has 2 aromatic carbocycles. The summed E-state index contributed by atoms with van der Waals surface area (Å²) in [7, 11) is 1.84. The third-order valence-corrected chi connectivity index (χ3v) is 4.88. The van der Waals surface area contributed by atoms with Crippen molar-refractivity contribution in [3.63, 3.8) is 0 Å². The smallest absolute Gasteiger partial charge is 0.347 e.